The summed E-state index contributed by atoms with van der Waals surface area (Å²) in [5.41, 5.74) is 7.82. The lowest BCUT2D eigenvalue weighted by Gasteiger charge is -2.21. The van der Waals surface area contributed by atoms with Gasteiger partial charge in [-0.25, -0.2) is 0 Å². The van der Waals surface area contributed by atoms with E-state index >= 15 is 0 Å². The maximum Gasteiger partial charge on any atom is 0.119 e. The standard InChI is InChI=1S/C20H27NO3/c1-20(21,15-22)12-10-16-6-8-18(9-7-16)24-13-11-17-4-3-5-19(14-17)23-2/h3-9,14,22H,10-13,15,21H2,1-2H3. The average Bonchev–Trinajstić information content (AvgIpc) is 2.61. The van der Waals surface area contributed by atoms with Gasteiger partial charge < -0.3 is 20.3 Å². The van der Waals surface area contributed by atoms with Crippen LogP contribution in [0.4, 0.5) is 0 Å². The van der Waals surface area contributed by atoms with Crippen molar-refractivity contribution in [3.8, 4) is 11.5 Å². The molecule has 2 aromatic carbocycles. The molecule has 24 heavy (non-hydrogen) atoms. The number of hydrogen-bond acceptors (Lipinski definition) is 4. The summed E-state index contributed by atoms with van der Waals surface area (Å²) in [5, 5.41) is 9.19. The quantitative estimate of drug-likeness (QED) is 0.742. The van der Waals surface area contributed by atoms with E-state index in [-0.39, 0.29) is 6.61 Å². The highest BCUT2D eigenvalue weighted by atomic mass is 16.5. The van der Waals surface area contributed by atoms with E-state index in [9.17, 15) is 5.11 Å². The Balaban J connectivity index is 1.79. The van der Waals surface area contributed by atoms with E-state index in [1.54, 1.807) is 7.11 Å². The average molecular weight is 329 g/mol. The Hall–Kier alpha value is -2.04. The molecule has 0 aliphatic carbocycles. The van der Waals surface area contributed by atoms with E-state index < -0.39 is 5.54 Å². The molecule has 2 aromatic rings. The summed E-state index contributed by atoms with van der Waals surface area (Å²) in [5.74, 6) is 1.73. The molecule has 1 atom stereocenters. The predicted octanol–water partition coefficient (Wildman–Crippen LogP) is 2.96. The molecule has 0 amide bonds. The third kappa shape index (κ3) is 5.87. The second-order valence-electron chi connectivity index (χ2n) is 6.41. The van der Waals surface area contributed by atoms with E-state index in [2.05, 4.69) is 6.07 Å². The molecule has 0 fully saturated rings. The van der Waals surface area contributed by atoms with E-state index in [0.717, 1.165) is 30.8 Å². The molecule has 0 saturated heterocycles. The van der Waals surface area contributed by atoms with Crippen molar-refractivity contribution in [2.24, 2.45) is 5.73 Å². The van der Waals surface area contributed by atoms with E-state index in [0.29, 0.717) is 6.61 Å². The Kier molecular flexibility index (Phi) is 6.64. The monoisotopic (exact) mass is 329 g/mol. The SMILES string of the molecule is COc1cccc(CCOc2ccc(CCC(C)(N)CO)cc2)c1. The first kappa shape index (κ1) is 18.3. The predicted molar refractivity (Wildman–Crippen MR) is 96.6 cm³/mol. The van der Waals surface area contributed by atoms with Crippen molar-refractivity contribution < 1.29 is 14.6 Å². The van der Waals surface area contributed by atoms with Crippen LogP contribution in [0.1, 0.15) is 24.5 Å². The van der Waals surface area contributed by atoms with Gasteiger partial charge in [0.25, 0.3) is 0 Å². The van der Waals surface area contributed by atoms with Gasteiger partial charge >= 0.3 is 0 Å². The smallest absolute Gasteiger partial charge is 0.119 e. The molecule has 0 aliphatic rings. The fraction of sp³-hybridized carbons (Fsp3) is 0.400. The highest BCUT2D eigenvalue weighted by Gasteiger charge is 2.16. The second kappa shape index (κ2) is 8.71. The molecule has 0 heterocycles. The van der Waals surface area contributed by atoms with Crippen LogP contribution in [0.25, 0.3) is 0 Å². The van der Waals surface area contributed by atoms with Gasteiger partial charge in [0.15, 0.2) is 0 Å². The third-order valence-corrected chi connectivity index (χ3v) is 4.06. The lowest BCUT2D eigenvalue weighted by Crippen LogP contribution is -2.40. The van der Waals surface area contributed by atoms with Crippen LogP contribution in [0.5, 0.6) is 11.5 Å². The van der Waals surface area contributed by atoms with Crippen molar-refractivity contribution in [2.75, 3.05) is 20.3 Å². The first-order valence-corrected chi connectivity index (χ1v) is 8.27. The number of aryl methyl sites for hydroxylation is 1. The van der Waals surface area contributed by atoms with Crippen LogP contribution >= 0.6 is 0 Å². The van der Waals surface area contributed by atoms with Crippen molar-refractivity contribution in [3.05, 3.63) is 59.7 Å². The molecule has 130 valence electrons. The number of aliphatic hydroxyl groups is 1. The Morgan fingerprint density at radius 1 is 1.00 bits per heavy atom. The van der Waals surface area contributed by atoms with Gasteiger partial charge in [-0.1, -0.05) is 24.3 Å². The Morgan fingerprint density at radius 3 is 2.42 bits per heavy atom. The Morgan fingerprint density at radius 2 is 1.75 bits per heavy atom. The topological polar surface area (TPSA) is 64.7 Å². The lowest BCUT2D eigenvalue weighted by atomic mass is 9.95. The van der Waals surface area contributed by atoms with Crippen LogP contribution in [0.2, 0.25) is 0 Å². The van der Waals surface area contributed by atoms with E-state index in [1.165, 1.54) is 11.1 Å². The maximum absolute atomic E-state index is 9.19. The van der Waals surface area contributed by atoms with Crippen LogP contribution < -0.4 is 15.2 Å². The van der Waals surface area contributed by atoms with Gasteiger partial charge in [-0.2, -0.15) is 0 Å². The zero-order valence-corrected chi connectivity index (χ0v) is 14.5. The third-order valence-electron chi connectivity index (χ3n) is 4.06. The van der Waals surface area contributed by atoms with Gasteiger partial charge in [-0.3, -0.25) is 0 Å². The summed E-state index contributed by atoms with van der Waals surface area (Å²) in [4.78, 5) is 0. The zero-order valence-electron chi connectivity index (χ0n) is 14.5. The zero-order chi connectivity index (χ0) is 17.4. The molecule has 0 spiro atoms. The van der Waals surface area contributed by atoms with Gasteiger partial charge in [0.2, 0.25) is 0 Å². The number of nitrogens with two attached hydrogens (primary N) is 1. The molecule has 0 radical (unpaired) electrons. The van der Waals surface area contributed by atoms with Gasteiger partial charge in [-0.15, -0.1) is 0 Å². The molecule has 0 saturated carbocycles. The number of ether oxygens (including phenoxy) is 2. The molecule has 0 bridgehead atoms. The molecule has 0 aliphatic heterocycles. The fourth-order valence-electron chi connectivity index (χ4n) is 2.38. The summed E-state index contributed by atoms with van der Waals surface area (Å²) >= 11 is 0. The summed E-state index contributed by atoms with van der Waals surface area (Å²) in [6.07, 6.45) is 2.43. The van der Waals surface area contributed by atoms with Crippen molar-refractivity contribution in [1.82, 2.24) is 0 Å². The summed E-state index contributed by atoms with van der Waals surface area (Å²) in [6, 6.07) is 16.1. The largest absolute Gasteiger partial charge is 0.497 e. The molecule has 4 heteroatoms. The normalized spacial score (nSPS) is 13.3. The van der Waals surface area contributed by atoms with Crippen LogP contribution in [0, 0.1) is 0 Å². The van der Waals surface area contributed by atoms with Gasteiger partial charge in [0.1, 0.15) is 11.5 Å². The molecule has 4 nitrogen and oxygen atoms in total. The van der Waals surface area contributed by atoms with Crippen molar-refractivity contribution in [2.45, 2.75) is 31.7 Å². The first-order valence-electron chi connectivity index (χ1n) is 8.27. The number of aliphatic hydroxyl groups excluding tert-OH is 1. The minimum Gasteiger partial charge on any atom is -0.497 e. The molecular formula is C20H27NO3. The summed E-state index contributed by atoms with van der Waals surface area (Å²) < 4.78 is 11.0. The molecular weight excluding hydrogens is 302 g/mol. The number of benzene rings is 2. The van der Waals surface area contributed by atoms with E-state index in [1.807, 2.05) is 49.4 Å². The Bertz CT molecular complexity index is 623. The number of methoxy groups -OCH3 is 1. The van der Waals surface area contributed by atoms with Crippen LogP contribution in [0.15, 0.2) is 48.5 Å². The minimum absolute atomic E-state index is 0.00152. The van der Waals surface area contributed by atoms with Crippen molar-refractivity contribution >= 4 is 0 Å². The molecule has 3 N–H and O–H groups in total. The maximum atomic E-state index is 9.19. The highest BCUT2D eigenvalue weighted by Crippen LogP contribution is 2.17. The van der Waals surface area contributed by atoms with Crippen molar-refractivity contribution in [3.63, 3.8) is 0 Å². The van der Waals surface area contributed by atoms with Gasteiger partial charge in [-0.05, 0) is 55.2 Å². The Labute approximate surface area is 144 Å². The van der Waals surface area contributed by atoms with Crippen LogP contribution in [-0.2, 0) is 12.8 Å². The van der Waals surface area contributed by atoms with Crippen LogP contribution in [0.3, 0.4) is 0 Å². The van der Waals surface area contributed by atoms with Gasteiger partial charge in [0.05, 0.1) is 20.3 Å². The molecule has 0 aromatic heterocycles. The second-order valence-corrected chi connectivity index (χ2v) is 6.41. The lowest BCUT2D eigenvalue weighted by molar-refractivity contribution is 0.200. The van der Waals surface area contributed by atoms with Gasteiger partial charge in [0, 0.05) is 12.0 Å². The number of hydrogen-bond donors (Lipinski definition) is 2. The molecule has 2 rings (SSSR count). The minimum atomic E-state index is -0.522. The summed E-state index contributed by atoms with van der Waals surface area (Å²) in [7, 11) is 1.67. The summed E-state index contributed by atoms with van der Waals surface area (Å²) in [6.45, 7) is 2.49. The van der Waals surface area contributed by atoms with E-state index in [4.69, 9.17) is 15.2 Å². The number of rotatable bonds is 9. The molecule has 1 unspecified atom stereocenters. The highest BCUT2D eigenvalue weighted by molar-refractivity contribution is 5.29. The fourth-order valence-corrected chi connectivity index (χ4v) is 2.38. The van der Waals surface area contributed by atoms with Crippen molar-refractivity contribution in [1.29, 1.82) is 0 Å². The first-order chi connectivity index (χ1) is 11.5. The van der Waals surface area contributed by atoms with Crippen LogP contribution in [-0.4, -0.2) is 31.0 Å².